The Labute approximate surface area is 229 Å². The van der Waals surface area contributed by atoms with Crippen LogP contribution in [0.25, 0.3) is 16.6 Å². The van der Waals surface area contributed by atoms with Gasteiger partial charge >= 0.3 is 0 Å². The van der Waals surface area contributed by atoms with Gasteiger partial charge in [-0.05, 0) is 69.2 Å². The molecule has 1 N–H and O–H groups in total. The fourth-order valence-electron chi connectivity index (χ4n) is 5.67. The van der Waals surface area contributed by atoms with Crippen molar-refractivity contribution in [2.24, 2.45) is 10.9 Å². The van der Waals surface area contributed by atoms with E-state index in [4.69, 9.17) is 9.47 Å². The number of aromatic nitrogens is 1. The van der Waals surface area contributed by atoms with E-state index >= 15 is 0 Å². The van der Waals surface area contributed by atoms with Gasteiger partial charge in [-0.3, -0.25) is 14.5 Å². The second kappa shape index (κ2) is 11.2. The summed E-state index contributed by atoms with van der Waals surface area (Å²) in [4.78, 5) is 32.6. The monoisotopic (exact) mass is 528 g/mol. The lowest BCUT2D eigenvalue weighted by atomic mass is 9.95. The zero-order valence-electron chi connectivity index (χ0n) is 23.3. The molecule has 0 spiro atoms. The Morgan fingerprint density at radius 2 is 1.92 bits per heavy atom. The zero-order valence-corrected chi connectivity index (χ0v) is 23.3. The number of allylic oxidation sites excluding steroid dienone is 1. The van der Waals surface area contributed by atoms with Crippen molar-refractivity contribution < 1.29 is 19.1 Å². The van der Waals surface area contributed by atoms with Crippen molar-refractivity contribution in [1.29, 1.82) is 0 Å². The summed E-state index contributed by atoms with van der Waals surface area (Å²) in [6.45, 7) is 11.2. The summed E-state index contributed by atoms with van der Waals surface area (Å²) in [5, 5.41) is 3.02. The molecule has 5 rings (SSSR count). The van der Waals surface area contributed by atoms with Crippen molar-refractivity contribution in [3.05, 3.63) is 71.1 Å². The van der Waals surface area contributed by atoms with Crippen LogP contribution in [-0.4, -0.2) is 66.8 Å². The van der Waals surface area contributed by atoms with Gasteiger partial charge in [-0.1, -0.05) is 17.7 Å². The molecule has 8 heteroatoms. The van der Waals surface area contributed by atoms with Gasteiger partial charge in [0, 0.05) is 59.9 Å². The highest BCUT2D eigenvalue weighted by Crippen LogP contribution is 2.33. The van der Waals surface area contributed by atoms with Gasteiger partial charge in [0.2, 0.25) is 0 Å². The van der Waals surface area contributed by atoms with Crippen molar-refractivity contribution >= 4 is 23.0 Å². The van der Waals surface area contributed by atoms with E-state index in [9.17, 15) is 9.59 Å². The molecular weight excluding hydrogens is 492 g/mol. The Bertz CT molecular complexity index is 1480. The van der Waals surface area contributed by atoms with Gasteiger partial charge in [-0.2, -0.15) is 0 Å². The van der Waals surface area contributed by atoms with E-state index in [1.807, 2.05) is 51.1 Å². The molecule has 2 aliphatic heterocycles. The molecule has 0 radical (unpaired) electrons. The molecule has 0 aliphatic carbocycles. The summed E-state index contributed by atoms with van der Waals surface area (Å²) in [6.07, 6.45) is 4.04. The summed E-state index contributed by atoms with van der Waals surface area (Å²) in [5.74, 6) is -0.0546. The Hall–Kier alpha value is -3.75. The third-order valence-electron chi connectivity index (χ3n) is 7.86. The van der Waals surface area contributed by atoms with Crippen LogP contribution in [0.1, 0.15) is 48.4 Å². The molecule has 0 bridgehead atoms. The third kappa shape index (κ3) is 5.40. The van der Waals surface area contributed by atoms with Crippen LogP contribution in [0.15, 0.2) is 59.2 Å². The Balaban J connectivity index is 1.53. The summed E-state index contributed by atoms with van der Waals surface area (Å²) < 4.78 is 13.2. The predicted octanol–water partition coefficient (Wildman–Crippen LogP) is 4.61. The van der Waals surface area contributed by atoms with Gasteiger partial charge in [0.15, 0.2) is 0 Å². The largest absolute Gasteiger partial charge is 0.497 e. The minimum Gasteiger partial charge on any atom is -0.497 e. The minimum atomic E-state index is -0.443. The van der Waals surface area contributed by atoms with E-state index in [2.05, 4.69) is 44.9 Å². The van der Waals surface area contributed by atoms with Crippen molar-refractivity contribution in [3.63, 3.8) is 0 Å². The first-order valence-corrected chi connectivity index (χ1v) is 13.4. The van der Waals surface area contributed by atoms with E-state index in [1.54, 1.807) is 7.11 Å². The number of methoxy groups -OCH3 is 1. The molecule has 4 heterocycles. The number of morpholine rings is 1. The first-order chi connectivity index (χ1) is 18.8. The molecule has 2 aromatic heterocycles. The molecule has 1 aromatic carbocycles. The number of nitrogens with zero attached hydrogens (tertiary/aromatic N) is 3. The lowest BCUT2D eigenvalue weighted by Crippen LogP contribution is -2.39. The second-order valence-corrected chi connectivity index (χ2v) is 10.4. The topological polar surface area (TPSA) is 84.6 Å². The number of fused-ring (bicyclic) bond motifs is 1. The van der Waals surface area contributed by atoms with Crippen molar-refractivity contribution in [1.82, 2.24) is 14.6 Å². The van der Waals surface area contributed by atoms with Crippen LogP contribution >= 0.6 is 0 Å². The number of pyridine rings is 1. The maximum absolute atomic E-state index is 13.6. The number of ether oxygens (including phenoxy) is 2. The predicted molar refractivity (Wildman–Crippen MR) is 153 cm³/mol. The standard InChI is InChI=1S/C31H36N4O4/c1-19-13-20(2)33-31(37)28(19)17-32-30(36)27-16-25-14-24(23-7-6-8-26(15-23)38-5)18-35(25)29(21(27)3)22(4)34-9-11-39-12-10-34/h6-8,13-16,18,22,28H,9-12,17H2,1-5H3,(H,32,36). The molecule has 3 aromatic rings. The number of carbonyl (C=O) groups is 2. The fraction of sp³-hybridized carbons (Fsp3) is 0.387. The first-order valence-electron chi connectivity index (χ1n) is 13.4. The third-order valence-corrected chi connectivity index (χ3v) is 7.86. The molecule has 0 saturated carbocycles. The van der Waals surface area contributed by atoms with Crippen LogP contribution in [-0.2, 0) is 9.53 Å². The van der Waals surface area contributed by atoms with E-state index in [0.717, 1.165) is 52.3 Å². The maximum Gasteiger partial charge on any atom is 0.254 e. The number of hydrogen-bond donors (Lipinski definition) is 1. The lowest BCUT2D eigenvalue weighted by molar-refractivity contribution is -0.120. The molecular formula is C31H36N4O4. The van der Waals surface area contributed by atoms with Crippen LogP contribution in [0.2, 0.25) is 0 Å². The summed E-state index contributed by atoms with van der Waals surface area (Å²) in [5.41, 5.74) is 7.23. The van der Waals surface area contributed by atoms with Crippen LogP contribution in [0.4, 0.5) is 0 Å². The quantitative estimate of drug-likeness (QED) is 0.484. The van der Waals surface area contributed by atoms with Gasteiger partial charge in [0.05, 0.1) is 26.2 Å². The molecule has 1 saturated heterocycles. The molecule has 2 aliphatic rings. The zero-order chi connectivity index (χ0) is 27.7. The Morgan fingerprint density at radius 1 is 1.15 bits per heavy atom. The SMILES string of the molecule is COc1cccc(-c2cc3cc(C(=O)NCC4C(=O)N=C(C)C=C4C)c(C)c(C(C)N4CCOCC4)n3c2)c1. The second-order valence-electron chi connectivity index (χ2n) is 10.4. The number of carbonyl (C=O) groups excluding carboxylic acids is 2. The fourth-order valence-corrected chi connectivity index (χ4v) is 5.67. The molecule has 8 nitrogen and oxygen atoms in total. The number of amides is 2. The van der Waals surface area contributed by atoms with Gasteiger partial charge in [0.25, 0.3) is 11.8 Å². The first kappa shape index (κ1) is 26.8. The molecule has 2 atom stereocenters. The number of rotatable bonds is 7. The van der Waals surface area contributed by atoms with Crippen LogP contribution < -0.4 is 10.1 Å². The van der Waals surface area contributed by atoms with Crippen LogP contribution in [0.5, 0.6) is 5.75 Å². The number of nitrogens with one attached hydrogen (secondary N) is 1. The van der Waals surface area contributed by atoms with Gasteiger partial charge in [0.1, 0.15) is 5.75 Å². The number of benzene rings is 1. The Morgan fingerprint density at radius 3 is 2.64 bits per heavy atom. The van der Waals surface area contributed by atoms with Gasteiger partial charge < -0.3 is 19.2 Å². The number of dihydropyridines is 1. The average Bonchev–Trinajstić information content (AvgIpc) is 3.36. The van der Waals surface area contributed by atoms with E-state index in [-0.39, 0.29) is 24.4 Å². The normalized spacial score (nSPS) is 19.0. The van der Waals surface area contributed by atoms with Crippen LogP contribution in [0, 0.1) is 12.8 Å². The highest BCUT2D eigenvalue weighted by molar-refractivity contribution is 6.06. The Kier molecular flexibility index (Phi) is 7.68. The van der Waals surface area contributed by atoms with E-state index < -0.39 is 5.92 Å². The summed E-state index contributed by atoms with van der Waals surface area (Å²) in [6, 6.07) is 12.1. The smallest absolute Gasteiger partial charge is 0.254 e. The van der Waals surface area contributed by atoms with E-state index in [1.165, 1.54) is 0 Å². The van der Waals surface area contributed by atoms with Crippen LogP contribution in [0.3, 0.4) is 0 Å². The number of hydrogen-bond acceptors (Lipinski definition) is 5. The van der Waals surface area contributed by atoms with Crippen molar-refractivity contribution in [3.8, 4) is 16.9 Å². The maximum atomic E-state index is 13.6. The van der Waals surface area contributed by atoms with Gasteiger partial charge in [-0.15, -0.1) is 0 Å². The highest BCUT2D eigenvalue weighted by atomic mass is 16.5. The minimum absolute atomic E-state index is 0.0668. The molecule has 2 unspecified atom stereocenters. The van der Waals surface area contributed by atoms with Crippen molar-refractivity contribution in [2.75, 3.05) is 40.0 Å². The van der Waals surface area contributed by atoms with Crippen molar-refractivity contribution in [2.45, 2.75) is 33.7 Å². The molecule has 204 valence electrons. The van der Waals surface area contributed by atoms with E-state index in [0.29, 0.717) is 24.5 Å². The molecule has 39 heavy (non-hydrogen) atoms. The summed E-state index contributed by atoms with van der Waals surface area (Å²) >= 11 is 0. The molecule has 1 fully saturated rings. The highest BCUT2D eigenvalue weighted by Gasteiger charge is 2.27. The molecule has 2 amide bonds. The van der Waals surface area contributed by atoms with Gasteiger partial charge in [-0.25, -0.2) is 4.99 Å². The number of aliphatic imine (C=N–C) groups is 1. The lowest BCUT2D eigenvalue weighted by Gasteiger charge is -2.34. The average molecular weight is 529 g/mol. The summed E-state index contributed by atoms with van der Waals surface area (Å²) in [7, 11) is 1.66.